The summed E-state index contributed by atoms with van der Waals surface area (Å²) < 4.78 is 0. The van der Waals surface area contributed by atoms with E-state index in [0.717, 1.165) is 5.56 Å². The van der Waals surface area contributed by atoms with Gasteiger partial charge in [0.05, 0.1) is 16.1 Å². The Bertz CT molecular complexity index is 763. The van der Waals surface area contributed by atoms with Gasteiger partial charge in [-0.15, -0.1) is 0 Å². The van der Waals surface area contributed by atoms with Crippen molar-refractivity contribution >= 4 is 17.5 Å². The molecule has 2 aromatic rings. The minimum absolute atomic E-state index is 0.0154. The maximum atomic E-state index is 12.3. The molecule has 0 spiro atoms. The van der Waals surface area contributed by atoms with Crippen molar-refractivity contribution in [3.8, 4) is 0 Å². The van der Waals surface area contributed by atoms with E-state index >= 15 is 0 Å². The Morgan fingerprint density at radius 1 is 1.00 bits per heavy atom. The van der Waals surface area contributed by atoms with Crippen LogP contribution in [-0.4, -0.2) is 28.2 Å². The number of carbonyl (C=O) groups is 2. The smallest absolute Gasteiger partial charge is 0.269 e. The number of non-ortho nitro benzene ring substituents is 1. The van der Waals surface area contributed by atoms with Crippen molar-refractivity contribution in [2.24, 2.45) is 0 Å². The summed E-state index contributed by atoms with van der Waals surface area (Å²) >= 11 is 0. The van der Waals surface area contributed by atoms with Gasteiger partial charge in [0.15, 0.2) is 0 Å². The van der Waals surface area contributed by atoms with E-state index in [1.807, 2.05) is 6.92 Å². The van der Waals surface area contributed by atoms with Crippen LogP contribution >= 0.6 is 0 Å². The average molecular weight is 310 g/mol. The van der Waals surface area contributed by atoms with E-state index in [2.05, 4.69) is 0 Å². The second-order valence-electron chi connectivity index (χ2n) is 5.52. The second-order valence-corrected chi connectivity index (χ2v) is 5.52. The Hall–Kier alpha value is -3.02. The van der Waals surface area contributed by atoms with Gasteiger partial charge in [-0.2, -0.15) is 0 Å². The number of rotatable bonds is 4. The molecule has 0 saturated carbocycles. The third-order valence-corrected chi connectivity index (χ3v) is 4.01. The number of imide groups is 1. The predicted octanol–water partition coefficient (Wildman–Crippen LogP) is 2.99. The lowest BCUT2D eigenvalue weighted by Crippen LogP contribution is -2.33. The topological polar surface area (TPSA) is 80.5 Å². The second kappa shape index (κ2) is 5.64. The monoisotopic (exact) mass is 310 g/mol. The first kappa shape index (κ1) is 14.9. The van der Waals surface area contributed by atoms with Crippen molar-refractivity contribution in [3.63, 3.8) is 0 Å². The zero-order valence-electron chi connectivity index (χ0n) is 12.4. The average Bonchev–Trinajstić information content (AvgIpc) is 2.80. The quantitative estimate of drug-likeness (QED) is 0.494. The van der Waals surface area contributed by atoms with Crippen LogP contribution < -0.4 is 0 Å². The zero-order chi connectivity index (χ0) is 16.6. The number of hydrogen-bond acceptors (Lipinski definition) is 4. The standard InChI is InChI=1S/C17H14N2O4/c1-11(12-6-8-13(9-7-12)19(22)23)10-18-16(20)14-4-2-3-5-15(14)17(18)21/h2-9,11H,10H2,1H3. The van der Waals surface area contributed by atoms with Gasteiger partial charge < -0.3 is 0 Å². The van der Waals surface area contributed by atoms with E-state index in [-0.39, 0.29) is 30.0 Å². The van der Waals surface area contributed by atoms with Crippen LogP contribution in [0, 0.1) is 10.1 Å². The van der Waals surface area contributed by atoms with Crippen molar-refractivity contribution in [1.82, 2.24) is 4.90 Å². The molecule has 23 heavy (non-hydrogen) atoms. The first-order valence-corrected chi connectivity index (χ1v) is 7.18. The molecule has 6 heteroatoms. The van der Waals surface area contributed by atoms with Crippen LogP contribution in [0.15, 0.2) is 48.5 Å². The molecule has 0 saturated heterocycles. The Kier molecular flexibility index (Phi) is 3.65. The first-order chi connectivity index (χ1) is 11.0. The number of benzene rings is 2. The number of nitro benzene ring substituents is 1. The van der Waals surface area contributed by atoms with Crippen molar-refractivity contribution in [2.45, 2.75) is 12.8 Å². The Morgan fingerprint density at radius 2 is 1.52 bits per heavy atom. The fourth-order valence-electron chi connectivity index (χ4n) is 2.71. The fraction of sp³-hybridized carbons (Fsp3) is 0.176. The van der Waals surface area contributed by atoms with Gasteiger partial charge in [-0.25, -0.2) is 0 Å². The van der Waals surface area contributed by atoms with Crippen LogP contribution in [0.25, 0.3) is 0 Å². The van der Waals surface area contributed by atoms with Gasteiger partial charge in [-0.3, -0.25) is 24.6 Å². The Morgan fingerprint density at radius 3 is 2.00 bits per heavy atom. The third-order valence-electron chi connectivity index (χ3n) is 4.01. The number of nitrogens with zero attached hydrogens (tertiary/aromatic N) is 2. The highest BCUT2D eigenvalue weighted by molar-refractivity contribution is 6.21. The van der Waals surface area contributed by atoms with E-state index in [0.29, 0.717) is 11.1 Å². The van der Waals surface area contributed by atoms with Gasteiger partial charge in [0.1, 0.15) is 0 Å². The molecular formula is C17H14N2O4. The lowest BCUT2D eigenvalue weighted by molar-refractivity contribution is -0.384. The van der Waals surface area contributed by atoms with Gasteiger partial charge in [0.25, 0.3) is 17.5 Å². The Balaban J connectivity index is 1.79. The van der Waals surface area contributed by atoms with Crippen LogP contribution in [0.2, 0.25) is 0 Å². The lowest BCUT2D eigenvalue weighted by Gasteiger charge is -2.19. The molecule has 116 valence electrons. The van der Waals surface area contributed by atoms with E-state index in [1.165, 1.54) is 17.0 Å². The molecule has 1 unspecified atom stereocenters. The van der Waals surface area contributed by atoms with E-state index < -0.39 is 4.92 Å². The third kappa shape index (κ3) is 2.59. The minimum Gasteiger partial charge on any atom is -0.274 e. The largest absolute Gasteiger partial charge is 0.274 e. The molecule has 0 N–H and O–H groups in total. The van der Waals surface area contributed by atoms with Crippen LogP contribution in [0.3, 0.4) is 0 Å². The summed E-state index contributed by atoms with van der Waals surface area (Å²) in [5, 5.41) is 10.7. The number of carbonyl (C=O) groups excluding carboxylic acids is 2. The van der Waals surface area contributed by atoms with Gasteiger partial charge in [0.2, 0.25) is 0 Å². The van der Waals surface area contributed by atoms with Gasteiger partial charge >= 0.3 is 0 Å². The summed E-state index contributed by atoms with van der Waals surface area (Å²) in [6, 6.07) is 12.9. The highest BCUT2D eigenvalue weighted by Crippen LogP contribution is 2.26. The number of nitro groups is 1. The predicted molar refractivity (Wildman–Crippen MR) is 83.3 cm³/mol. The normalized spacial score (nSPS) is 14.7. The summed E-state index contributed by atoms with van der Waals surface area (Å²) in [6.45, 7) is 2.12. The molecule has 1 aliphatic rings. The molecule has 0 aromatic heterocycles. The maximum Gasteiger partial charge on any atom is 0.269 e. The summed E-state index contributed by atoms with van der Waals surface area (Å²) in [5.41, 5.74) is 1.70. The molecule has 1 atom stereocenters. The van der Waals surface area contributed by atoms with Crippen molar-refractivity contribution in [3.05, 3.63) is 75.3 Å². The van der Waals surface area contributed by atoms with Gasteiger partial charge in [-0.05, 0) is 23.6 Å². The first-order valence-electron chi connectivity index (χ1n) is 7.18. The van der Waals surface area contributed by atoms with Crippen LogP contribution in [0.1, 0.15) is 39.1 Å². The van der Waals surface area contributed by atoms with Gasteiger partial charge in [-0.1, -0.05) is 31.2 Å². The van der Waals surface area contributed by atoms with Crippen molar-refractivity contribution in [2.75, 3.05) is 6.54 Å². The summed E-state index contributed by atoms with van der Waals surface area (Å²) in [4.78, 5) is 36.1. The van der Waals surface area contributed by atoms with Crippen LogP contribution in [0.5, 0.6) is 0 Å². The summed E-state index contributed by atoms with van der Waals surface area (Å²) in [7, 11) is 0. The number of fused-ring (bicyclic) bond motifs is 1. The van der Waals surface area contributed by atoms with Crippen LogP contribution in [-0.2, 0) is 0 Å². The lowest BCUT2D eigenvalue weighted by atomic mass is 10.0. The number of amides is 2. The van der Waals surface area contributed by atoms with Crippen molar-refractivity contribution < 1.29 is 14.5 Å². The zero-order valence-corrected chi connectivity index (χ0v) is 12.4. The van der Waals surface area contributed by atoms with E-state index in [4.69, 9.17) is 0 Å². The Labute approximate surface area is 132 Å². The highest BCUT2D eigenvalue weighted by Gasteiger charge is 2.35. The molecule has 6 nitrogen and oxygen atoms in total. The molecule has 0 radical (unpaired) electrons. The molecule has 1 aliphatic heterocycles. The molecule has 0 fully saturated rings. The molecule has 0 bridgehead atoms. The van der Waals surface area contributed by atoms with E-state index in [1.54, 1.807) is 36.4 Å². The summed E-state index contributed by atoms with van der Waals surface area (Å²) in [6.07, 6.45) is 0. The van der Waals surface area contributed by atoms with Crippen molar-refractivity contribution in [1.29, 1.82) is 0 Å². The molecular weight excluding hydrogens is 296 g/mol. The summed E-state index contributed by atoms with van der Waals surface area (Å²) in [5.74, 6) is -0.697. The van der Waals surface area contributed by atoms with E-state index in [9.17, 15) is 19.7 Å². The molecule has 3 rings (SSSR count). The SMILES string of the molecule is CC(CN1C(=O)c2ccccc2C1=O)c1ccc([N+](=O)[O-])cc1. The highest BCUT2D eigenvalue weighted by atomic mass is 16.6. The van der Waals surface area contributed by atoms with Gasteiger partial charge in [0, 0.05) is 18.7 Å². The molecule has 2 aromatic carbocycles. The molecule has 0 aliphatic carbocycles. The fourth-order valence-corrected chi connectivity index (χ4v) is 2.71. The molecule has 2 amide bonds. The minimum atomic E-state index is -0.460. The molecule has 1 heterocycles. The number of hydrogen-bond donors (Lipinski definition) is 0. The van der Waals surface area contributed by atoms with Crippen LogP contribution in [0.4, 0.5) is 5.69 Å². The maximum absolute atomic E-state index is 12.3.